The molecule has 0 spiro atoms. The highest BCUT2D eigenvalue weighted by Crippen LogP contribution is 2.32. The lowest BCUT2D eigenvalue weighted by molar-refractivity contribution is 0.293. The maximum Gasteiger partial charge on any atom is 0.368 e. The molecule has 0 radical (unpaired) electrons. The standard InChI is InChI=1S/C11H12Cl2N4O5S/c1-21-10-6-9(7(12)5-8(10)13)17-11(18)16(14-15-17)3-4-22-23(2,19)20/h5-6H,3-4H2,1-2H3. The fraction of sp³-hybridized carbons (Fsp3) is 0.364. The van der Waals surface area contributed by atoms with Gasteiger partial charge in [-0.2, -0.15) is 17.8 Å². The molecule has 0 saturated heterocycles. The van der Waals surface area contributed by atoms with Crippen molar-refractivity contribution in [1.82, 2.24) is 19.8 Å². The number of hydrogen-bond donors (Lipinski definition) is 0. The number of aromatic nitrogens is 4. The van der Waals surface area contributed by atoms with Crippen LogP contribution in [0.15, 0.2) is 16.9 Å². The number of tetrazole rings is 1. The van der Waals surface area contributed by atoms with Gasteiger partial charge in [0.25, 0.3) is 10.1 Å². The molecular formula is C11H12Cl2N4O5S. The van der Waals surface area contributed by atoms with Crippen LogP contribution in [-0.2, 0) is 20.8 Å². The fourth-order valence-corrected chi connectivity index (χ4v) is 2.60. The van der Waals surface area contributed by atoms with E-state index in [0.29, 0.717) is 5.75 Å². The van der Waals surface area contributed by atoms with Crippen LogP contribution in [0.1, 0.15) is 0 Å². The Morgan fingerprint density at radius 1 is 1.22 bits per heavy atom. The molecule has 0 saturated carbocycles. The largest absolute Gasteiger partial charge is 0.495 e. The first-order valence-corrected chi connectivity index (χ1v) is 8.71. The van der Waals surface area contributed by atoms with Crippen LogP contribution in [-0.4, -0.2) is 48.2 Å². The molecule has 0 amide bonds. The van der Waals surface area contributed by atoms with E-state index >= 15 is 0 Å². The predicted molar refractivity (Wildman–Crippen MR) is 83.0 cm³/mol. The Labute approximate surface area is 141 Å². The van der Waals surface area contributed by atoms with E-state index in [-0.39, 0.29) is 28.9 Å². The zero-order chi connectivity index (χ0) is 17.2. The van der Waals surface area contributed by atoms with Crippen LogP contribution in [0.3, 0.4) is 0 Å². The molecule has 0 atom stereocenters. The van der Waals surface area contributed by atoms with E-state index in [0.717, 1.165) is 15.6 Å². The van der Waals surface area contributed by atoms with Crippen LogP contribution in [0.4, 0.5) is 0 Å². The number of nitrogens with zero attached hydrogens (tertiary/aromatic N) is 4. The van der Waals surface area contributed by atoms with Crippen molar-refractivity contribution in [2.75, 3.05) is 20.0 Å². The summed E-state index contributed by atoms with van der Waals surface area (Å²) in [6.07, 6.45) is 0.909. The average molecular weight is 383 g/mol. The molecule has 1 aromatic heterocycles. The molecular weight excluding hydrogens is 371 g/mol. The summed E-state index contributed by atoms with van der Waals surface area (Å²) in [5, 5.41) is 7.80. The summed E-state index contributed by atoms with van der Waals surface area (Å²) in [4.78, 5) is 12.2. The van der Waals surface area contributed by atoms with E-state index in [1.165, 1.54) is 19.2 Å². The Kier molecular flexibility index (Phi) is 5.30. The molecule has 0 aliphatic carbocycles. The van der Waals surface area contributed by atoms with Gasteiger partial charge in [0.15, 0.2) is 0 Å². The summed E-state index contributed by atoms with van der Waals surface area (Å²) in [6, 6.07) is 2.85. The van der Waals surface area contributed by atoms with Crippen molar-refractivity contribution in [3.8, 4) is 11.4 Å². The van der Waals surface area contributed by atoms with E-state index < -0.39 is 15.8 Å². The van der Waals surface area contributed by atoms with Crippen molar-refractivity contribution in [2.45, 2.75) is 6.54 Å². The number of rotatable bonds is 6. The van der Waals surface area contributed by atoms with Crippen molar-refractivity contribution in [3.05, 3.63) is 32.7 Å². The third kappa shape index (κ3) is 4.22. The number of benzene rings is 1. The highest BCUT2D eigenvalue weighted by atomic mass is 35.5. The normalized spacial score (nSPS) is 11.7. The molecule has 1 aromatic carbocycles. The topological polar surface area (TPSA) is 105 Å². The van der Waals surface area contributed by atoms with Gasteiger partial charge in [-0.1, -0.05) is 23.2 Å². The minimum absolute atomic E-state index is 0.0890. The summed E-state index contributed by atoms with van der Waals surface area (Å²) in [7, 11) is -2.18. The van der Waals surface area contributed by atoms with E-state index in [2.05, 4.69) is 14.6 Å². The number of ether oxygens (including phenoxy) is 1. The molecule has 12 heteroatoms. The zero-order valence-electron chi connectivity index (χ0n) is 12.1. The van der Waals surface area contributed by atoms with E-state index in [1.54, 1.807) is 0 Å². The maximum atomic E-state index is 12.2. The van der Waals surface area contributed by atoms with E-state index in [4.69, 9.17) is 27.9 Å². The third-order valence-corrected chi connectivity index (χ3v) is 3.88. The molecule has 0 N–H and O–H groups in total. The first-order valence-electron chi connectivity index (χ1n) is 6.13. The monoisotopic (exact) mass is 382 g/mol. The molecule has 2 rings (SSSR count). The number of halogens is 2. The van der Waals surface area contributed by atoms with Crippen LogP contribution in [0.2, 0.25) is 10.0 Å². The molecule has 0 fully saturated rings. The lowest BCUT2D eigenvalue weighted by atomic mass is 10.3. The fourth-order valence-electron chi connectivity index (χ4n) is 1.68. The molecule has 0 aliphatic heterocycles. The first kappa shape index (κ1) is 17.7. The average Bonchev–Trinajstić information content (AvgIpc) is 2.79. The van der Waals surface area contributed by atoms with Gasteiger partial charge in [-0.3, -0.25) is 4.18 Å². The molecule has 0 aliphatic rings. The van der Waals surface area contributed by atoms with Gasteiger partial charge in [0.05, 0.1) is 42.2 Å². The van der Waals surface area contributed by atoms with Crippen LogP contribution in [0.25, 0.3) is 5.69 Å². The summed E-state index contributed by atoms with van der Waals surface area (Å²) in [5.41, 5.74) is -0.387. The van der Waals surface area contributed by atoms with Crippen molar-refractivity contribution in [3.63, 3.8) is 0 Å². The molecule has 23 heavy (non-hydrogen) atoms. The minimum Gasteiger partial charge on any atom is -0.495 e. The van der Waals surface area contributed by atoms with Gasteiger partial charge in [0.2, 0.25) is 0 Å². The summed E-state index contributed by atoms with van der Waals surface area (Å²) < 4.78 is 33.3. The van der Waals surface area contributed by atoms with Crippen LogP contribution in [0.5, 0.6) is 5.75 Å². The van der Waals surface area contributed by atoms with Gasteiger partial charge in [0, 0.05) is 6.07 Å². The Balaban J connectivity index is 2.31. The Morgan fingerprint density at radius 2 is 1.91 bits per heavy atom. The van der Waals surface area contributed by atoms with Crippen LogP contribution >= 0.6 is 23.2 Å². The highest BCUT2D eigenvalue weighted by molar-refractivity contribution is 7.85. The van der Waals surface area contributed by atoms with Crippen molar-refractivity contribution in [1.29, 1.82) is 0 Å². The summed E-state index contributed by atoms with van der Waals surface area (Å²) in [6.45, 7) is -0.330. The maximum absolute atomic E-state index is 12.2. The van der Waals surface area contributed by atoms with E-state index in [1.807, 2.05) is 0 Å². The van der Waals surface area contributed by atoms with E-state index in [9.17, 15) is 13.2 Å². The molecule has 0 unspecified atom stereocenters. The highest BCUT2D eigenvalue weighted by Gasteiger charge is 2.15. The van der Waals surface area contributed by atoms with Crippen molar-refractivity contribution >= 4 is 33.3 Å². The summed E-state index contributed by atoms with van der Waals surface area (Å²) >= 11 is 12.0. The van der Waals surface area contributed by atoms with Crippen molar-refractivity contribution < 1.29 is 17.3 Å². The van der Waals surface area contributed by atoms with Gasteiger partial charge in [-0.15, -0.1) is 0 Å². The predicted octanol–water partition coefficient (Wildman–Crippen LogP) is 0.721. The van der Waals surface area contributed by atoms with Gasteiger partial charge in [0.1, 0.15) is 5.75 Å². The lowest BCUT2D eigenvalue weighted by Gasteiger charge is -2.07. The van der Waals surface area contributed by atoms with Crippen LogP contribution < -0.4 is 10.4 Å². The molecule has 2 aromatic rings. The van der Waals surface area contributed by atoms with Gasteiger partial charge >= 0.3 is 5.69 Å². The first-order chi connectivity index (χ1) is 10.7. The molecule has 0 bridgehead atoms. The Morgan fingerprint density at radius 3 is 2.52 bits per heavy atom. The second-order valence-corrected chi connectivity index (χ2v) is 6.82. The smallest absolute Gasteiger partial charge is 0.368 e. The van der Waals surface area contributed by atoms with Crippen molar-refractivity contribution in [2.24, 2.45) is 0 Å². The zero-order valence-corrected chi connectivity index (χ0v) is 14.4. The minimum atomic E-state index is -3.60. The van der Waals surface area contributed by atoms with Gasteiger partial charge in [-0.25, -0.2) is 4.79 Å². The van der Waals surface area contributed by atoms with Crippen LogP contribution in [0, 0.1) is 0 Å². The molecule has 1 heterocycles. The molecule has 9 nitrogen and oxygen atoms in total. The SMILES string of the molecule is COc1cc(-n2nnn(CCOS(C)(=O)=O)c2=O)c(Cl)cc1Cl. The van der Waals surface area contributed by atoms with Gasteiger partial charge < -0.3 is 4.74 Å². The quantitative estimate of drug-likeness (QED) is 0.677. The Hall–Kier alpha value is -1.62. The molecule has 126 valence electrons. The number of hydrogen-bond acceptors (Lipinski definition) is 7. The van der Waals surface area contributed by atoms with Gasteiger partial charge in [-0.05, 0) is 16.5 Å². The second-order valence-electron chi connectivity index (χ2n) is 4.36. The second kappa shape index (κ2) is 6.87. The summed E-state index contributed by atoms with van der Waals surface area (Å²) in [5.74, 6) is 0.313. The number of methoxy groups -OCH3 is 1. The Bertz CT molecular complexity index is 877. The lowest BCUT2D eigenvalue weighted by Crippen LogP contribution is -2.26. The third-order valence-electron chi connectivity index (χ3n) is 2.69.